The lowest BCUT2D eigenvalue weighted by Gasteiger charge is -2.23. The minimum atomic E-state index is -0.0419. The molecular formula is C17H28FN. The molecule has 0 saturated heterocycles. The molecule has 0 saturated carbocycles. The Morgan fingerprint density at radius 1 is 1.21 bits per heavy atom. The number of nitrogens with one attached hydrogen (secondary N) is 1. The first-order valence-corrected chi connectivity index (χ1v) is 7.58. The van der Waals surface area contributed by atoms with Crippen LogP contribution in [0.2, 0.25) is 0 Å². The van der Waals surface area contributed by atoms with Crippen molar-refractivity contribution >= 4 is 0 Å². The van der Waals surface area contributed by atoms with Crippen molar-refractivity contribution in [3.8, 4) is 0 Å². The third kappa shape index (κ3) is 4.94. The second-order valence-electron chi connectivity index (χ2n) is 5.61. The van der Waals surface area contributed by atoms with Crippen LogP contribution in [0.1, 0.15) is 63.6 Å². The number of aryl methyl sites for hydroxylation is 1. The topological polar surface area (TPSA) is 12.0 Å². The molecule has 1 aromatic carbocycles. The maximum Gasteiger partial charge on any atom is 0.130 e. The number of rotatable bonds is 8. The van der Waals surface area contributed by atoms with Crippen LogP contribution in [0.5, 0.6) is 0 Å². The highest BCUT2D eigenvalue weighted by Crippen LogP contribution is 2.27. The van der Waals surface area contributed by atoms with Gasteiger partial charge in [-0.05, 0) is 37.8 Å². The Kier molecular flexibility index (Phi) is 7.07. The van der Waals surface area contributed by atoms with E-state index in [0.717, 1.165) is 30.5 Å². The maximum atomic E-state index is 14.3. The molecule has 0 radical (unpaired) electrons. The van der Waals surface area contributed by atoms with Crippen LogP contribution in [0.25, 0.3) is 0 Å². The molecule has 0 spiro atoms. The molecule has 0 heterocycles. The molecule has 2 heteroatoms. The van der Waals surface area contributed by atoms with E-state index in [4.69, 9.17) is 0 Å². The molecule has 1 rings (SSSR count). The lowest BCUT2D eigenvalue weighted by atomic mass is 9.92. The highest BCUT2D eigenvalue weighted by atomic mass is 19.1. The third-order valence-electron chi connectivity index (χ3n) is 3.66. The summed E-state index contributed by atoms with van der Waals surface area (Å²) in [6.45, 7) is 9.39. The van der Waals surface area contributed by atoms with Crippen LogP contribution in [0.4, 0.5) is 4.39 Å². The van der Waals surface area contributed by atoms with Gasteiger partial charge in [0.15, 0.2) is 0 Å². The number of hydrogen-bond donors (Lipinski definition) is 1. The van der Waals surface area contributed by atoms with Gasteiger partial charge in [-0.15, -0.1) is 0 Å². The van der Waals surface area contributed by atoms with E-state index < -0.39 is 0 Å². The lowest BCUT2D eigenvalue weighted by Crippen LogP contribution is -2.25. The minimum Gasteiger partial charge on any atom is -0.310 e. The van der Waals surface area contributed by atoms with E-state index in [1.54, 1.807) is 0 Å². The summed E-state index contributed by atoms with van der Waals surface area (Å²) in [6, 6.07) is 5.86. The zero-order chi connectivity index (χ0) is 14.3. The highest BCUT2D eigenvalue weighted by molar-refractivity contribution is 5.27. The largest absolute Gasteiger partial charge is 0.310 e. The smallest absolute Gasteiger partial charge is 0.130 e. The molecule has 1 N–H and O–H groups in total. The normalized spacial score (nSPS) is 14.4. The average Bonchev–Trinajstić information content (AvgIpc) is 2.38. The van der Waals surface area contributed by atoms with Crippen molar-refractivity contribution in [2.75, 3.05) is 6.54 Å². The second-order valence-corrected chi connectivity index (χ2v) is 5.61. The standard InChI is InChI=1S/C17H28FN/c1-5-8-13(3)12-16(19-11-6-2)15-10-7-9-14(4)17(15)18/h7,9-10,13,16,19H,5-6,8,11-12H2,1-4H3. The Balaban J connectivity index is 2.85. The van der Waals surface area contributed by atoms with E-state index in [9.17, 15) is 4.39 Å². The van der Waals surface area contributed by atoms with Crippen molar-refractivity contribution in [1.29, 1.82) is 0 Å². The van der Waals surface area contributed by atoms with Gasteiger partial charge in [0.2, 0.25) is 0 Å². The molecule has 0 fully saturated rings. The van der Waals surface area contributed by atoms with Gasteiger partial charge < -0.3 is 5.32 Å². The van der Waals surface area contributed by atoms with E-state index in [0.29, 0.717) is 5.92 Å². The van der Waals surface area contributed by atoms with Gasteiger partial charge in [-0.2, -0.15) is 0 Å². The SMILES string of the molecule is CCCNC(CC(C)CCC)c1cccc(C)c1F. The predicted octanol–water partition coefficient (Wildman–Crippen LogP) is 5.00. The maximum absolute atomic E-state index is 14.3. The van der Waals surface area contributed by atoms with Gasteiger partial charge in [0.1, 0.15) is 5.82 Å². The fraction of sp³-hybridized carbons (Fsp3) is 0.647. The Bertz CT molecular complexity index is 376. The quantitative estimate of drug-likeness (QED) is 0.697. The average molecular weight is 265 g/mol. The van der Waals surface area contributed by atoms with Crippen LogP contribution in [0.3, 0.4) is 0 Å². The summed E-state index contributed by atoms with van der Waals surface area (Å²) in [7, 11) is 0. The first-order chi connectivity index (χ1) is 9.10. The minimum absolute atomic E-state index is 0.0419. The molecule has 0 amide bonds. The third-order valence-corrected chi connectivity index (χ3v) is 3.66. The van der Waals surface area contributed by atoms with E-state index in [2.05, 4.69) is 26.1 Å². The second kappa shape index (κ2) is 8.31. The molecule has 0 aromatic heterocycles. The van der Waals surface area contributed by atoms with Crippen LogP contribution >= 0.6 is 0 Å². The van der Waals surface area contributed by atoms with Gasteiger partial charge in [0, 0.05) is 11.6 Å². The van der Waals surface area contributed by atoms with Crippen molar-refractivity contribution in [3.63, 3.8) is 0 Å². The Morgan fingerprint density at radius 3 is 2.58 bits per heavy atom. The molecule has 1 aromatic rings. The van der Waals surface area contributed by atoms with E-state index >= 15 is 0 Å². The Labute approximate surface area is 117 Å². The first kappa shape index (κ1) is 16.2. The summed E-state index contributed by atoms with van der Waals surface area (Å²) in [5.41, 5.74) is 1.57. The summed E-state index contributed by atoms with van der Waals surface area (Å²) in [4.78, 5) is 0. The van der Waals surface area contributed by atoms with Gasteiger partial charge in [-0.1, -0.05) is 51.8 Å². The van der Waals surface area contributed by atoms with Crippen LogP contribution in [-0.2, 0) is 0 Å². The molecule has 19 heavy (non-hydrogen) atoms. The van der Waals surface area contributed by atoms with Crippen LogP contribution in [-0.4, -0.2) is 6.54 Å². The summed E-state index contributed by atoms with van der Waals surface area (Å²) >= 11 is 0. The fourth-order valence-electron chi connectivity index (χ4n) is 2.59. The van der Waals surface area contributed by atoms with Crippen molar-refractivity contribution in [3.05, 3.63) is 35.1 Å². The zero-order valence-electron chi connectivity index (χ0n) is 12.8. The molecule has 108 valence electrons. The van der Waals surface area contributed by atoms with Crippen LogP contribution in [0, 0.1) is 18.7 Å². The monoisotopic (exact) mass is 265 g/mol. The summed E-state index contributed by atoms with van der Waals surface area (Å²) in [5.74, 6) is 0.582. The fourth-order valence-corrected chi connectivity index (χ4v) is 2.59. The van der Waals surface area contributed by atoms with Crippen LogP contribution in [0.15, 0.2) is 18.2 Å². The molecule has 1 nitrogen and oxygen atoms in total. The number of halogens is 1. The lowest BCUT2D eigenvalue weighted by molar-refractivity contribution is 0.381. The van der Waals surface area contributed by atoms with Crippen molar-refractivity contribution in [1.82, 2.24) is 5.32 Å². The number of benzene rings is 1. The van der Waals surface area contributed by atoms with Crippen molar-refractivity contribution in [2.45, 2.75) is 59.4 Å². The zero-order valence-corrected chi connectivity index (χ0v) is 12.8. The molecule has 0 aliphatic heterocycles. The molecule has 2 atom stereocenters. The summed E-state index contributed by atoms with van der Waals surface area (Å²) < 4.78 is 14.3. The molecular weight excluding hydrogens is 237 g/mol. The van der Waals surface area contributed by atoms with Crippen LogP contribution < -0.4 is 5.32 Å². The first-order valence-electron chi connectivity index (χ1n) is 7.58. The molecule has 0 bridgehead atoms. The van der Waals surface area contributed by atoms with Gasteiger partial charge in [-0.3, -0.25) is 0 Å². The molecule has 0 aliphatic rings. The highest BCUT2D eigenvalue weighted by Gasteiger charge is 2.18. The van der Waals surface area contributed by atoms with E-state index in [-0.39, 0.29) is 11.9 Å². The van der Waals surface area contributed by atoms with Crippen molar-refractivity contribution < 1.29 is 4.39 Å². The Morgan fingerprint density at radius 2 is 1.95 bits per heavy atom. The van der Waals surface area contributed by atoms with Gasteiger partial charge >= 0.3 is 0 Å². The van der Waals surface area contributed by atoms with E-state index in [1.165, 1.54) is 12.8 Å². The number of hydrogen-bond acceptors (Lipinski definition) is 1. The molecule has 2 unspecified atom stereocenters. The van der Waals surface area contributed by atoms with Gasteiger partial charge in [0.05, 0.1) is 0 Å². The predicted molar refractivity (Wildman–Crippen MR) is 80.9 cm³/mol. The molecule has 0 aliphatic carbocycles. The van der Waals surface area contributed by atoms with E-state index in [1.807, 2.05) is 25.1 Å². The summed E-state index contributed by atoms with van der Waals surface area (Å²) in [5, 5.41) is 3.50. The Hall–Kier alpha value is -0.890. The summed E-state index contributed by atoms with van der Waals surface area (Å²) in [6.07, 6.45) is 4.48. The van der Waals surface area contributed by atoms with Gasteiger partial charge in [0.25, 0.3) is 0 Å². The van der Waals surface area contributed by atoms with Crippen molar-refractivity contribution in [2.24, 2.45) is 5.92 Å². The van der Waals surface area contributed by atoms with Gasteiger partial charge in [-0.25, -0.2) is 4.39 Å².